The highest BCUT2D eigenvalue weighted by molar-refractivity contribution is 6.11. The van der Waals surface area contributed by atoms with Crippen LogP contribution in [0.3, 0.4) is 0 Å². The lowest BCUT2D eigenvalue weighted by molar-refractivity contribution is 0.0585. The van der Waals surface area contributed by atoms with Crippen LogP contribution in [0.2, 0.25) is 0 Å². The molecule has 3 rings (SSSR count). The summed E-state index contributed by atoms with van der Waals surface area (Å²) >= 11 is 0. The monoisotopic (exact) mass is 516 g/mol. The van der Waals surface area contributed by atoms with Crippen molar-refractivity contribution < 1.29 is 24.2 Å². The molecule has 6 N–H and O–H groups in total. The van der Waals surface area contributed by atoms with Crippen LogP contribution in [-0.2, 0) is 4.74 Å². The van der Waals surface area contributed by atoms with Crippen LogP contribution in [0.4, 0.5) is 5.69 Å². The summed E-state index contributed by atoms with van der Waals surface area (Å²) in [5, 5.41) is 23.2. The summed E-state index contributed by atoms with van der Waals surface area (Å²) in [4.78, 5) is 38.4. The van der Waals surface area contributed by atoms with Gasteiger partial charge in [0, 0.05) is 29.5 Å². The third-order valence-corrected chi connectivity index (χ3v) is 6.32. The number of aromatic carboxylic acids is 1. The van der Waals surface area contributed by atoms with Crippen molar-refractivity contribution in [2.45, 2.75) is 32.9 Å². The van der Waals surface area contributed by atoms with Gasteiger partial charge < -0.3 is 26.2 Å². The first-order valence-electron chi connectivity index (χ1n) is 12.1. The molecule has 9 nitrogen and oxygen atoms in total. The molecular formula is C29H32N4O5. The number of anilines is 1. The number of nitrogens with two attached hydrogens (primary N) is 1. The van der Waals surface area contributed by atoms with E-state index in [4.69, 9.17) is 15.9 Å². The van der Waals surface area contributed by atoms with Crippen LogP contribution in [0, 0.1) is 11.3 Å². The number of methoxy groups -OCH3 is 1. The van der Waals surface area contributed by atoms with Gasteiger partial charge in [-0.3, -0.25) is 15.0 Å². The number of rotatable bonds is 10. The summed E-state index contributed by atoms with van der Waals surface area (Å²) in [6, 6.07) is 17.3. The third kappa shape index (κ3) is 6.43. The number of amidine groups is 1. The number of carbonyl (C=O) groups excluding carboxylic acids is 2. The molecule has 2 atom stereocenters. The molecule has 9 heteroatoms. The van der Waals surface area contributed by atoms with E-state index in [1.54, 1.807) is 61.7 Å². The molecular weight excluding hydrogens is 484 g/mol. The van der Waals surface area contributed by atoms with Gasteiger partial charge in [-0.15, -0.1) is 0 Å². The second kappa shape index (κ2) is 12.2. The Kier molecular flexibility index (Phi) is 8.98. The molecule has 0 aliphatic rings. The Hall–Kier alpha value is -4.50. The quantitative estimate of drug-likeness (QED) is 0.199. The van der Waals surface area contributed by atoms with Gasteiger partial charge in [-0.2, -0.15) is 0 Å². The van der Waals surface area contributed by atoms with Gasteiger partial charge in [0.25, 0.3) is 11.8 Å². The van der Waals surface area contributed by atoms with E-state index in [1.165, 1.54) is 12.1 Å². The fourth-order valence-electron chi connectivity index (χ4n) is 4.15. The van der Waals surface area contributed by atoms with Crippen molar-refractivity contribution in [3.05, 3.63) is 89.0 Å². The van der Waals surface area contributed by atoms with Crippen LogP contribution in [0.25, 0.3) is 11.1 Å². The molecule has 2 amide bonds. The number of amides is 2. The molecule has 0 aliphatic heterocycles. The molecule has 38 heavy (non-hydrogen) atoms. The van der Waals surface area contributed by atoms with E-state index in [0.717, 1.165) is 0 Å². The summed E-state index contributed by atoms with van der Waals surface area (Å²) in [5.74, 6) is -2.07. The Morgan fingerprint density at radius 2 is 1.47 bits per heavy atom. The van der Waals surface area contributed by atoms with Crippen molar-refractivity contribution in [2.75, 3.05) is 12.4 Å². The summed E-state index contributed by atoms with van der Waals surface area (Å²) < 4.78 is 5.38. The third-order valence-electron chi connectivity index (χ3n) is 6.32. The van der Waals surface area contributed by atoms with Crippen molar-refractivity contribution in [3.63, 3.8) is 0 Å². The van der Waals surface area contributed by atoms with Crippen LogP contribution < -0.4 is 16.4 Å². The molecule has 0 aliphatic carbocycles. The number of benzene rings is 3. The second-order valence-electron chi connectivity index (χ2n) is 9.24. The molecule has 0 bridgehead atoms. The molecule has 0 aromatic heterocycles. The van der Waals surface area contributed by atoms with Crippen LogP contribution >= 0.6 is 0 Å². The topological polar surface area (TPSA) is 155 Å². The van der Waals surface area contributed by atoms with E-state index in [1.807, 2.05) is 20.8 Å². The molecule has 0 radical (unpaired) electrons. The SMILES string of the molecule is COC(C)[C@H](NC(=O)c1ccc(-c2ccccc2C(=O)Nc2ccc(C(=N)N)cc2)c(C(=O)O)c1)C(C)C. The van der Waals surface area contributed by atoms with E-state index < -0.39 is 17.8 Å². The lowest BCUT2D eigenvalue weighted by atomic mass is 9.93. The Morgan fingerprint density at radius 3 is 2.05 bits per heavy atom. The van der Waals surface area contributed by atoms with E-state index in [0.29, 0.717) is 22.4 Å². The first-order chi connectivity index (χ1) is 18.0. The van der Waals surface area contributed by atoms with E-state index >= 15 is 0 Å². The van der Waals surface area contributed by atoms with Crippen LogP contribution in [0.5, 0.6) is 0 Å². The lowest BCUT2D eigenvalue weighted by Gasteiger charge is -2.27. The zero-order chi connectivity index (χ0) is 28.0. The average Bonchev–Trinajstić information content (AvgIpc) is 2.90. The number of nitrogen functional groups attached to an aromatic ring is 1. The second-order valence-corrected chi connectivity index (χ2v) is 9.24. The van der Waals surface area contributed by atoms with Crippen LogP contribution in [0.15, 0.2) is 66.7 Å². The summed E-state index contributed by atoms with van der Waals surface area (Å²) in [6.07, 6.45) is -0.235. The maximum atomic E-state index is 13.2. The first kappa shape index (κ1) is 28.1. The van der Waals surface area contributed by atoms with Gasteiger partial charge >= 0.3 is 5.97 Å². The van der Waals surface area contributed by atoms with Crippen molar-refractivity contribution in [1.29, 1.82) is 5.41 Å². The van der Waals surface area contributed by atoms with Gasteiger partial charge in [0.05, 0.1) is 17.7 Å². The van der Waals surface area contributed by atoms with Gasteiger partial charge in [-0.1, -0.05) is 38.1 Å². The minimum absolute atomic E-state index is 0.0838. The molecule has 0 heterocycles. The van der Waals surface area contributed by atoms with E-state index in [9.17, 15) is 19.5 Å². The summed E-state index contributed by atoms with van der Waals surface area (Å²) in [5.41, 5.74) is 7.55. The molecule has 0 spiro atoms. The number of hydrogen-bond donors (Lipinski definition) is 5. The Morgan fingerprint density at radius 1 is 0.868 bits per heavy atom. The van der Waals surface area contributed by atoms with Crippen molar-refractivity contribution >= 4 is 29.3 Å². The maximum absolute atomic E-state index is 13.2. The lowest BCUT2D eigenvalue weighted by Crippen LogP contribution is -2.46. The summed E-state index contributed by atoms with van der Waals surface area (Å²) in [7, 11) is 1.57. The molecule has 1 unspecified atom stereocenters. The van der Waals surface area contributed by atoms with Gasteiger partial charge in [0.15, 0.2) is 0 Å². The minimum atomic E-state index is -1.23. The fraction of sp³-hybridized carbons (Fsp3) is 0.241. The van der Waals surface area contributed by atoms with Gasteiger partial charge in [0.1, 0.15) is 5.84 Å². The van der Waals surface area contributed by atoms with Gasteiger partial charge in [0.2, 0.25) is 0 Å². The van der Waals surface area contributed by atoms with Crippen molar-refractivity contribution in [1.82, 2.24) is 5.32 Å². The van der Waals surface area contributed by atoms with E-state index in [2.05, 4.69) is 10.6 Å². The number of carbonyl (C=O) groups is 3. The maximum Gasteiger partial charge on any atom is 0.336 e. The molecule has 3 aromatic carbocycles. The van der Waals surface area contributed by atoms with Gasteiger partial charge in [-0.05, 0) is 66.4 Å². The zero-order valence-electron chi connectivity index (χ0n) is 21.7. The molecule has 0 saturated heterocycles. The Labute approximate surface area is 221 Å². The molecule has 3 aromatic rings. The standard InChI is InChI=1S/C29H32N4O5/c1-16(2)25(17(3)38-4)33-27(34)19-11-14-22(24(15-19)29(36)37)21-7-5-6-8-23(21)28(35)32-20-12-9-18(10-13-20)26(30)31/h5-17,25H,1-4H3,(H3,30,31)(H,32,35)(H,33,34)(H,36,37)/t17?,25-/m1/s1. The molecule has 198 valence electrons. The first-order valence-corrected chi connectivity index (χ1v) is 12.1. The highest BCUT2D eigenvalue weighted by Crippen LogP contribution is 2.29. The number of hydrogen-bond acceptors (Lipinski definition) is 5. The number of carboxylic acids is 1. The number of ether oxygens (including phenoxy) is 1. The van der Waals surface area contributed by atoms with E-state index in [-0.39, 0.29) is 40.6 Å². The molecule has 0 fully saturated rings. The zero-order valence-corrected chi connectivity index (χ0v) is 21.7. The van der Waals surface area contributed by atoms with Gasteiger partial charge in [-0.25, -0.2) is 4.79 Å². The van der Waals surface area contributed by atoms with Crippen LogP contribution in [0.1, 0.15) is 57.4 Å². The number of nitrogens with one attached hydrogen (secondary N) is 3. The summed E-state index contributed by atoms with van der Waals surface area (Å²) in [6.45, 7) is 5.79. The highest BCUT2D eigenvalue weighted by Gasteiger charge is 2.25. The normalized spacial score (nSPS) is 12.4. The largest absolute Gasteiger partial charge is 0.478 e. The average molecular weight is 517 g/mol. The fourth-order valence-corrected chi connectivity index (χ4v) is 4.15. The predicted octanol–water partition coefficient (Wildman–Crippen LogP) is 4.38. The molecule has 0 saturated carbocycles. The minimum Gasteiger partial charge on any atom is -0.478 e. The smallest absolute Gasteiger partial charge is 0.336 e. The van der Waals surface area contributed by atoms with Crippen LogP contribution in [-0.4, -0.2) is 48.0 Å². The Balaban J connectivity index is 1.94. The predicted molar refractivity (Wildman–Crippen MR) is 147 cm³/mol. The number of carboxylic acid groups (broad SMARTS) is 1. The highest BCUT2D eigenvalue weighted by atomic mass is 16.5. The Bertz CT molecular complexity index is 1350. The van der Waals surface area contributed by atoms with Crippen molar-refractivity contribution in [3.8, 4) is 11.1 Å². The van der Waals surface area contributed by atoms with Crippen molar-refractivity contribution in [2.24, 2.45) is 11.7 Å².